The lowest BCUT2D eigenvalue weighted by molar-refractivity contribution is -0.118. The largest absolute Gasteiger partial charge is 0.335 e. The monoisotopic (exact) mass is 271 g/mol. The smallest absolute Gasteiger partial charge is 0.260 e. The van der Waals surface area contributed by atoms with Gasteiger partial charge >= 0.3 is 0 Å². The summed E-state index contributed by atoms with van der Waals surface area (Å²) < 4.78 is 26.2. The standard InChI is InChI=1S/C11H17N3O3S/c1-9(15)6-10-4-2-3-5-14(10)18(16,17)11-7-12-8-13-11/h7-8,10H,2-6H2,1H3,(H,12,13). The number of nitrogens with zero attached hydrogens (tertiary/aromatic N) is 2. The molecule has 7 heteroatoms. The van der Waals surface area contributed by atoms with Crippen molar-refractivity contribution in [1.29, 1.82) is 0 Å². The summed E-state index contributed by atoms with van der Waals surface area (Å²) in [6, 6.07) is -0.218. The number of aromatic amines is 1. The number of sulfonamides is 1. The highest BCUT2D eigenvalue weighted by Crippen LogP contribution is 2.26. The maximum atomic E-state index is 12.4. The molecule has 0 aromatic carbocycles. The van der Waals surface area contributed by atoms with Gasteiger partial charge in [0.15, 0.2) is 5.03 Å². The summed E-state index contributed by atoms with van der Waals surface area (Å²) in [4.78, 5) is 17.6. The Bertz CT molecular complexity index is 510. The van der Waals surface area contributed by atoms with E-state index in [1.807, 2.05) is 0 Å². The summed E-state index contributed by atoms with van der Waals surface area (Å²) >= 11 is 0. The number of hydrogen-bond donors (Lipinski definition) is 1. The van der Waals surface area contributed by atoms with E-state index in [1.165, 1.54) is 23.8 Å². The SMILES string of the molecule is CC(=O)CC1CCCCN1S(=O)(=O)c1cnc[nH]1. The second-order valence-corrected chi connectivity index (χ2v) is 6.45. The second-order valence-electron chi connectivity index (χ2n) is 4.59. The summed E-state index contributed by atoms with van der Waals surface area (Å²) in [7, 11) is -3.55. The minimum absolute atomic E-state index is 0.0201. The minimum atomic E-state index is -3.55. The fourth-order valence-corrected chi connectivity index (χ4v) is 3.93. The van der Waals surface area contributed by atoms with Gasteiger partial charge in [-0.2, -0.15) is 4.31 Å². The van der Waals surface area contributed by atoms with E-state index in [0.717, 1.165) is 19.3 Å². The zero-order chi connectivity index (χ0) is 13.2. The van der Waals surface area contributed by atoms with Crippen LogP contribution < -0.4 is 0 Å². The van der Waals surface area contributed by atoms with Gasteiger partial charge in [0.1, 0.15) is 5.78 Å². The van der Waals surface area contributed by atoms with Crippen LogP contribution in [0.2, 0.25) is 0 Å². The number of aromatic nitrogens is 2. The lowest BCUT2D eigenvalue weighted by atomic mass is 10.0. The van der Waals surface area contributed by atoms with Crippen LogP contribution in [0.25, 0.3) is 0 Å². The molecule has 1 fully saturated rings. The van der Waals surface area contributed by atoms with Crippen molar-refractivity contribution in [2.75, 3.05) is 6.54 Å². The van der Waals surface area contributed by atoms with Gasteiger partial charge in [-0.05, 0) is 19.8 Å². The van der Waals surface area contributed by atoms with Crippen LogP contribution >= 0.6 is 0 Å². The Hall–Kier alpha value is -1.21. The molecule has 6 nitrogen and oxygen atoms in total. The van der Waals surface area contributed by atoms with Gasteiger partial charge in [-0.25, -0.2) is 13.4 Å². The van der Waals surface area contributed by atoms with Gasteiger partial charge in [0.25, 0.3) is 10.0 Å². The number of imidazole rings is 1. The van der Waals surface area contributed by atoms with Crippen LogP contribution in [-0.4, -0.2) is 41.1 Å². The van der Waals surface area contributed by atoms with Crippen molar-refractivity contribution in [3.05, 3.63) is 12.5 Å². The summed E-state index contributed by atoms with van der Waals surface area (Å²) in [5.74, 6) is 0.0201. The zero-order valence-electron chi connectivity index (χ0n) is 10.3. The third-order valence-electron chi connectivity index (χ3n) is 3.16. The van der Waals surface area contributed by atoms with Crippen LogP contribution in [0.5, 0.6) is 0 Å². The lowest BCUT2D eigenvalue weighted by Crippen LogP contribution is -2.44. The molecule has 1 unspecified atom stereocenters. The number of Topliss-reactive ketones (excluding diaryl/α,β-unsaturated/α-hetero) is 1. The number of carbonyl (C=O) groups excluding carboxylic acids is 1. The number of ketones is 1. The fraction of sp³-hybridized carbons (Fsp3) is 0.636. The Labute approximate surface area is 106 Å². The Morgan fingerprint density at radius 2 is 2.33 bits per heavy atom. The highest BCUT2D eigenvalue weighted by molar-refractivity contribution is 7.89. The molecule has 2 rings (SSSR count). The Balaban J connectivity index is 2.26. The average molecular weight is 271 g/mol. The third kappa shape index (κ3) is 2.62. The maximum absolute atomic E-state index is 12.4. The van der Waals surface area contributed by atoms with Crippen LogP contribution in [0.1, 0.15) is 32.6 Å². The van der Waals surface area contributed by atoms with Crippen LogP contribution in [0, 0.1) is 0 Å². The molecule has 1 aliphatic rings. The average Bonchev–Trinajstić information content (AvgIpc) is 2.82. The van der Waals surface area contributed by atoms with Crippen molar-refractivity contribution in [3.8, 4) is 0 Å². The maximum Gasteiger partial charge on any atom is 0.260 e. The second kappa shape index (κ2) is 5.19. The summed E-state index contributed by atoms with van der Waals surface area (Å²) in [5, 5.41) is 0.0953. The van der Waals surface area contributed by atoms with Crippen molar-refractivity contribution in [1.82, 2.24) is 14.3 Å². The van der Waals surface area contributed by atoms with Gasteiger partial charge in [0, 0.05) is 19.0 Å². The van der Waals surface area contributed by atoms with Crippen LogP contribution in [0.3, 0.4) is 0 Å². The Kier molecular flexibility index (Phi) is 3.82. The first-order valence-electron chi connectivity index (χ1n) is 6.01. The van der Waals surface area contributed by atoms with E-state index in [9.17, 15) is 13.2 Å². The molecule has 100 valence electrons. The van der Waals surface area contributed by atoms with Gasteiger partial charge in [-0.15, -0.1) is 0 Å². The molecule has 0 aliphatic carbocycles. The molecule has 1 atom stereocenters. The zero-order valence-corrected chi connectivity index (χ0v) is 11.1. The molecular formula is C11H17N3O3S. The summed E-state index contributed by atoms with van der Waals surface area (Å²) in [6.07, 6.45) is 5.47. The van der Waals surface area contributed by atoms with Crippen molar-refractivity contribution < 1.29 is 13.2 Å². The summed E-state index contributed by atoms with van der Waals surface area (Å²) in [5.41, 5.74) is 0. The molecule has 0 amide bonds. The van der Waals surface area contributed by atoms with Gasteiger partial charge in [0.05, 0.1) is 12.5 Å². The quantitative estimate of drug-likeness (QED) is 0.883. The van der Waals surface area contributed by atoms with E-state index in [4.69, 9.17) is 0 Å². The van der Waals surface area contributed by atoms with Crippen LogP contribution in [0.15, 0.2) is 17.6 Å². The Morgan fingerprint density at radius 3 is 2.94 bits per heavy atom. The fourth-order valence-electron chi connectivity index (χ4n) is 2.34. The highest BCUT2D eigenvalue weighted by Gasteiger charge is 2.34. The predicted molar refractivity (Wildman–Crippen MR) is 65.4 cm³/mol. The van der Waals surface area contributed by atoms with Crippen molar-refractivity contribution in [2.24, 2.45) is 0 Å². The normalized spacial score (nSPS) is 21.9. The molecule has 1 aromatic rings. The van der Waals surface area contributed by atoms with E-state index >= 15 is 0 Å². The summed E-state index contributed by atoms with van der Waals surface area (Å²) in [6.45, 7) is 1.97. The molecule has 18 heavy (non-hydrogen) atoms. The minimum Gasteiger partial charge on any atom is -0.335 e. The van der Waals surface area contributed by atoms with E-state index in [2.05, 4.69) is 9.97 Å². The molecule has 0 bridgehead atoms. The first-order valence-corrected chi connectivity index (χ1v) is 7.45. The molecule has 0 saturated carbocycles. The number of rotatable bonds is 4. The van der Waals surface area contributed by atoms with E-state index < -0.39 is 10.0 Å². The predicted octanol–water partition coefficient (Wildman–Crippen LogP) is 0.932. The molecular weight excluding hydrogens is 254 g/mol. The first kappa shape index (κ1) is 13.2. The number of H-pyrrole nitrogens is 1. The van der Waals surface area contributed by atoms with E-state index in [0.29, 0.717) is 6.54 Å². The van der Waals surface area contributed by atoms with E-state index in [-0.39, 0.29) is 23.3 Å². The van der Waals surface area contributed by atoms with Gasteiger partial charge in [0.2, 0.25) is 0 Å². The van der Waals surface area contributed by atoms with E-state index in [1.54, 1.807) is 0 Å². The number of piperidine rings is 1. The van der Waals surface area contributed by atoms with Gasteiger partial charge in [-0.3, -0.25) is 4.79 Å². The molecule has 1 N–H and O–H groups in total. The highest BCUT2D eigenvalue weighted by atomic mass is 32.2. The molecule has 1 aromatic heterocycles. The molecule has 0 radical (unpaired) electrons. The molecule has 2 heterocycles. The third-order valence-corrected chi connectivity index (χ3v) is 5.03. The van der Waals surface area contributed by atoms with Crippen molar-refractivity contribution in [3.63, 3.8) is 0 Å². The Morgan fingerprint density at radius 1 is 1.56 bits per heavy atom. The molecule has 1 aliphatic heterocycles. The van der Waals surface area contributed by atoms with Gasteiger partial charge < -0.3 is 4.98 Å². The van der Waals surface area contributed by atoms with Gasteiger partial charge in [-0.1, -0.05) is 6.42 Å². The van der Waals surface area contributed by atoms with Crippen molar-refractivity contribution >= 4 is 15.8 Å². The van der Waals surface area contributed by atoms with Crippen LogP contribution in [-0.2, 0) is 14.8 Å². The van der Waals surface area contributed by atoms with Crippen molar-refractivity contribution in [2.45, 2.75) is 43.7 Å². The van der Waals surface area contributed by atoms with Crippen LogP contribution in [0.4, 0.5) is 0 Å². The number of carbonyl (C=O) groups is 1. The topological polar surface area (TPSA) is 83.1 Å². The number of nitrogens with one attached hydrogen (secondary N) is 1. The number of hydrogen-bond acceptors (Lipinski definition) is 4. The lowest BCUT2D eigenvalue weighted by Gasteiger charge is -2.33. The molecule has 1 saturated heterocycles. The first-order chi connectivity index (χ1) is 8.51. The molecule has 0 spiro atoms.